The molecule has 1 aliphatic heterocycles. The first-order valence-electron chi connectivity index (χ1n) is 8.44. The van der Waals surface area contributed by atoms with Crippen molar-refractivity contribution in [3.63, 3.8) is 0 Å². The number of halogens is 2. The molecule has 0 aliphatic carbocycles. The molecule has 0 unspecified atom stereocenters. The number of fused-ring (bicyclic) bond motifs is 1. The molecule has 138 valence electrons. The van der Waals surface area contributed by atoms with Crippen molar-refractivity contribution in [1.29, 1.82) is 0 Å². The summed E-state index contributed by atoms with van der Waals surface area (Å²) in [7, 11) is 0. The third kappa shape index (κ3) is 3.84. The summed E-state index contributed by atoms with van der Waals surface area (Å²) in [4.78, 5) is 21.4. The van der Waals surface area contributed by atoms with Crippen molar-refractivity contribution < 1.29 is 13.6 Å². The summed E-state index contributed by atoms with van der Waals surface area (Å²) in [6, 6.07) is 8.23. The molecule has 0 spiro atoms. The third-order valence-corrected chi connectivity index (χ3v) is 4.52. The Labute approximate surface area is 156 Å². The van der Waals surface area contributed by atoms with Crippen LogP contribution in [0, 0.1) is 5.82 Å². The van der Waals surface area contributed by atoms with Gasteiger partial charge in [0.25, 0.3) is 5.91 Å². The van der Waals surface area contributed by atoms with Gasteiger partial charge in [-0.3, -0.25) is 9.78 Å². The van der Waals surface area contributed by atoms with E-state index >= 15 is 0 Å². The Morgan fingerprint density at radius 1 is 1.37 bits per heavy atom. The monoisotopic (exact) mass is 367 g/mol. The third-order valence-electron chi connectivity index (χ3n) is 4.52. The van der Waals surface area contributed by atoms with Crippen molar-refractivity contribution in [2.24, 2.45) is 4.99 Å². The van der Waals surface area contributed by atoms with Crippen LogP contribution in [0.3, 0.4) is 0 Å². The van der Waals surface area contributed by atoms with Gasteiger partial charge in [-0.15, -0.1) is 0 Å². The molecule has 0 radical (unpaired) electrons. The Bertz CT molecular complexity index is 979. The normalized spacial score (nSPS) is 14.9. The second-order valence-corrected chi connectivity index (χ2v) is 6.42. The van der Waals surface area contributed by atoms with Gasteiger partial charge in [0.1, 0.15) is 5.82 Å². The van der Waals surface area contributed by atoms with Gasteiger partial charge in [0, 0.05) is 23.9 Å². The fourth-order valence-electron chi connectivity index (χ4n) is 3.03. The van der Waals surface area contributed by atoms with Crippen LogP contribution >= 0.6 is 0 Å². The highest BCUT2D eigenvalue weighted by Gasteiger charge is 2.28. The Morgan fingerprint density at radius 2 is 2.15 bits per heavy atom. The number of aromatic nitrogens is 1. The molecule has 1 amide bonds. The number of nitrogens with zero attached hydrogens (tertiary/aromatic N) is 3. The van der Waals surface area contributed by atoms with E-state index in [0.717, 1.165) is 0 Å². The van der Waals surface area contributed by atoms with Crippen molar-refractivity contribution in [2.45, 2.75) is 26.9 Å². The quantitative estimate of drug-likeness (QED) is 0.437. The van der Waals surface area contributed by atoms with Crippen LogP contribution in [0.1, 0.15) is 41.0 Å². The molecule has 2 heterocycles. The average Bonchev–Trinajstić information content (AvgIpc) is 2.98. The second kappa shape index (κ2) is 7.61. The Morgan fingerprint density at radius 3 is 2.81 bits per heavy atom. The number of allylic oxidation sites excluding steroid dienone is 3. The van der Waals surface area contributed by atoms with Gasteiger partial charge < -0.3 is 4.90 Å². The summed E-state index contributed by atoms with van der Waals surface area (Å²) < 4.78 is 28.0. The molecule has 6 heteroatoms. The van der Waals surface area contributed by atoms with Crippen LogP contribution in [0.15, 0.2) is 59.1 Å². The topological polar surface area (TPSA) is 45.6 Å². The maximum atomic E-state index is 14.6. The smallest absolute Gasteiger partial charge is 0.256 e. The fourth-order valence-corrected chi connectivity index (χ4v) is 3.03. The summed E-state index contributed by atoms with van der Waals surface area (Å²) in [5, 5.41) is 0. The van der Waals surface area contributed by atoms with Gasteiger partial charge >= 0.3 is 0 Å². The number of hydrogen-bond donors (Lipinski definition) is 0. The number of rotatable bonds is 5. The largest absolute Gasteiger partial charge is 0.328 e. The van der Waals surface area contributed by atoms with Crippen LogP contribution in [-0.2, 0) is 13.1 Å². The van der Waals surface area contributed by atoms with Crippen molar-refractivity contribution >= 4 is 18.2 Å². The lowest BCUT2D eigenvalue weighted by molar-refractivity contribution is 0.0765. The second-order valence-electron chi connectivity index (χ2n) is 6.42. The van der Waals surface area contributed by atoms with Crippen LogP contribution in [0.2, 0.25) is 0 Å². The highest BCUT2D eigenvalue weighted by molar-refractivity contribution is 5.97. The van der Waals surface area contributed by atoms with Crippen molar-refractivity contribution in [3.05, 3.63) is 82.3 Å². The molecule has 27 heavy (non-hydrogen) atoms. The van der Waals surface area contributed by atoms with Crippen LogP contribution in [-0.4, -0.2) is 22.5 Å². The maximum absolute atomic E-state index is 14.6. The molecule has 3 rings (SSSR count). The zero-order valence-corrected chi connectivity index (χ0v) is 15.2. The molecule has 0 saturated carbocycles. The first-order valence-corrected chi connectivity index (χ1v) is 8.44. The SMILES string of the molecule is C=N/C(F)=C(C)\C=C(/C)c1ccc(CN2Cc3ncccc3C2=O)c(F)c1. The van der Waals surface area contributed by atoms with Gasteiger partial charge in [-0.25, -0.2) is 9.38 Å². The van der Waals surface area contributed by atoms with Crippen LogP contribution in [0.25, 0.3) is 5.57 Å². The van der Waals surface area contributed by atoms with Crippen molar-refractivity contribution in [1.82, 2.24) is 9.88 Å². The first-order chi connectivity index (χ1) is 12.9. The summed E-state index contributed by atoms with van der Waals surface area (Å²) in [6.07, 6.45) is 3.23. The van der Waals surface area contributed by atoms with E-state index in [1.54, 1.807) is 55.3 Å². The number of amides is 1. The van der Waals surface area contributed by atoms with Crippen LogP contribution in [0.5, 0.6) is 0 Å². The number of carbonyl (C=O) groups is 1. The summed E-state index contributed by atoms with van der Waals surface area (Å²) in [6.45, 7) is 7.02. The van der Waals surface area contributed by atoms with E-state index in [4.69, 9.17) is 0 Å². The van der Waals surface area contributed by atoms with E-state index in [1.165, 1.54) is 6.07 Å². The van der Waals surface area contributed by atoms with Gasteiger partial charge in [0.15, 0.2) is 0 Å². The van der Waals surface area contributed by atoms with E-state index in [2.05, 4.69) is 16.7 Å². The molecule has 0 bridgehead atoms. The van der Waals surface area contributed by atoms with Gasteiger partial charge in [-0.05, 0) is 49.9 Å². The lowest BCUT2D eigenvalue weighted by atomic mass is 10.0. The standard InChI is InChI=1S/C21H19F2N3O/c1-13(9-14(2)20(23)24-3)15-6-7-16(18(22)10-15)11-26-12-19-17(21(26)27)5-4-8-25-19/h4-10H,3,11-12H2,1-2H3/b13-9+,20-14-. The molecule has 0 atom stereocenters. The highest BCUT2D eigenvalue weighted by atomic mass is 19.1. The number of pyridine rings is 1. The van der Waals surface area contributed by atoms with Gasteiger partial charge in [-0.2, -0.15) is 4.39 Å². The summed E-state index contributed by atoms with van der Waals surface area (Å²) >= 11 is 0. The van der Waals surface area contributed by atoms with Gasteiger partial charge in [0.2, 0.25) is 5.95 Å². The Balaban J connectivity index is 1.79. The zero-order valence-electron chi connectivity index (χ0n) is 15.2. The Hall–Kier alpha value is -3.15. The van der Waals surface area contributed by atoms with Crippen LogP contribution < -0.4 is 0 Å². The van der Waals surface area contributed by atoms with Crippen molar-refractivity contribution in [3.8, 4) is 0 Å². The molecular weight excluding hydrogens is 348 g/mol. The highest BCUT2D eigenvalue weighted by Crippen LogP contribution is 2.25. The molecule has 0 N–H and O–H groups in total. The maximum Gasteiger partial charge on any atom is 0.256 e. The van der Waals surface area contributed by atoms with Crippen LogP contribution in [0.4, 0.5) is 8.78 Å². The lowest BCUT2D eigenvalue weighted by Crippen LogP contribution is -2.23. The molecule has 2 aromatic rings. The van der Waals surface area contributed by atoms with Gasteiger partial charge in [-0.1, -0.05) is 18.2 Å². The minimum absolute atomic E-state index is 0.147. The number of hydrogen-bond acceptors (Lipinski definition) is 3. The van der Waals surface area contributed by atoms with E-state index < -0.39 is 11.8 Å². The van der Waals surface area contributed by atoms with E-state index in [9.17, 15) is 13.6 Å². The molecule has 4 nitrogen and oxygen atoms in total. The minimum Gasteiger partial charge on any atom is -0.328 e. The minimum atomic E-state index is -0.660. The summed E-state index contributed by atoms with van der Waals surface area (Å²) in [5.74, 6) is -1.22. The van der Waals surface area contributed by atoms with Crippen molar-refractivity contribution in [2.75, 3.05) is 0 Å². The Kier molecular flexibility index (Phi) is 5.26. The van der Waals surface area contributed by atoms with E-state index in [0.29, 0.717) is 40.1 Å². The average molecular weight is 367 g/mol. The number of benzene rings is 1. The molecule has 0 saturated heterocycles. The number of aliphatic imine (C=N–C) groups is 1. The molecular formula is C21H19F2N3O. The molecule has 1 aromatic carbocycles. The lowest BCUT2D eigenvalue weighted by Gasteiger charge is -2.16. The fraction of sp³-hybridized carbons (Fsp3) is 0.190. The molecule has 1 aromatic heterocycles. The number of carbonyl (C=O) groups excluding carboxylic acids is 1. The predicted molar refractivity (Wildman–Crippen MR) is 101 cm³/mol. The van der Waals surface area contributed by atoms with Gasteiger partial charge in [0.05, 0.1) is 17.8 Å². The zero-order chi connectivity index (χ0) is 19.6. The van der Waals surface area contributed by atoms with E-state index in [-0.39, 0.29) is 12.5 Å². The predicted octanol–water partition coefficient (Wildman–Crippen LogP) is 4.68. The first kappa shape index (κ1) is 18.6. The molecule has 0 fully saturated rings. The summed E-state index contributed by atoms with van der Waals surface area (Å²) in [5.41, 5.74) is 3.33. The van der Waals surface area contributed by atoms with E-state index in [1.807, 2.05) is 0 Å². The molecule has 1 aliphatic rings.